The minimum atomic E-state index is -0.406. The number of carbonyl (C=O) groups is 1. The second kappa shape index (κ2) is 4.97. The van der Waals surface area contributed by atoms with Crippen LogP contribution < -0.4 is 18.9 Å². The second-order valence-electron chi connectivity index (χ2n) is 6.71. The van der Waals surface area contributed by atoms with Crippen molar-refractivity contribution in [3.05, 3.63) is 47.0 Å². The van der Waals surface area contributed by atoms with Gasteiger partial charge in [-0.15, -0.1) is 0 Å². The lowest BCUT2D eigenvalue weighted by Gasteiger charge is -2.31. The van der Waals surface area contributed by atoms with Gasteiger partial charge in [-0.3, -0.25) is 4.90 Å². The normalized spacial score (nSPS) is 24.3. The summed E-state index contributed by atoms with van der Waals surface area (Å²) in [6.07, 6.45) is 0.0724. The summed E-state index contributed by atoms with van der Waals surface area (Å²) >= 11 is 0. The summed E-state index contributed by atoms with van der Waals surface area (Å²) in [5.74, 6) is 2.87. The molecule has 0 radical (unpaired) electrons. The van der Waals surface area contributed by atoms with E-state index in [-0.39, 0.29) is 25.7 Å². The Hall–Kier alpha value is -3.09. The van der Waals surface area contributed by atoms with Gasteiger partial charge in [0.15, 0.2) is 29.1 Å². The number of fused-ring (bicyclic) bond motifs is 5. The summed E-state index contributed by atoms with van der Waals surface area (Å²) in [6.45, 7) is 1.07. The van der Waals surface area contributed by atoms with Gasteiger partial charge in [-0.2, -0.15) is 0 Å². The van der Waals surface area contributed by atoms with Crippen molar-refractivity contribution >= 4 is 6.09 Å². The smallest absolute Gasteiger partial charge is 0.411 e. The fraction of sp³-hybridized carbons (Fsp3) is 0.316. The molecule has 2 atom stereocenters. The summed E-state index contributed by atoms with van der Waals surface area (Å²) in [4.78, 5) is 14.3. The molecule has 26 heavy (non-hydrogen) atoms. The number of ether oxygens (including phenoxy) is 5. The lowest BCUT2D eigenvalue weighted by Crippen LogP contribution is -2.34. The highest BCUT2D eigenvalue weighted by atomic mass is 16.7. The van der Waals surface area contributed by atoms with Crippen LogP contribution in [0.25, 0.3) is 0 Å². The summed E-state index contributed by atoms with van der Waals surface area (Å²) in [6, 6.07) is 9.49. The second-order valence-corrected chi connectivity index (χ2v) is 6.71. The molecule has 4 aliphatic rings. The molecule has 1 saturated heterocycles. The quantitative estimate of drug-likeness (QED) is 0.785. The molecule has 1 fully saturated rings. The highest BCUT2D eigenvalue weighted by Gasteiger charge is 2.47. The number of cyclic esters (lactones) is 1. The fourth-order valence-corrected chi connectivity index (χ4v) is 4.15. The monoisotopic (exact) mass is 353 g/mol. The van der Waals surface area contributed by atoms with Crippen LogP contribution in [0.3, 0.4) is 0 Å². The molecule has 2 aromatic rings. The summed E-state index contributed by atoms with van der Waals surface area (Å²) in [7, 11) is 0. The van der Waals surface area contributed by atoms with Crippen LogP contribution in [0.2, 0.25) is 0 Å². The van der Waals surface area contributed by atoms with Crippen LogP contribution in [-0.2, 0) is 11.2 Å². The Balaban J connectivity index is 1.46. The van der Waals surface area contributed by atoms with E-state index in [0.717, 1.165) is 29.0 Å². The van der Waals surface area contributed by atoms with Gasteiger partial charge in [0.1, 0.15) is 6.04 Å². The van der Waals surface area contributed by atoms with E-state index in [2.05, 4.69) is 0 Å². The average molecular weight is 353 g/mol. The first-order valence-electron chi connectivity index (χ1n) is 8.57. The molecular formula is C19H15NO6. The highest BCUT2D eigenvalue weighted by molar-refractivity contribution is 5.73. The van der Waals surface area contributed by atoms with Crippen molar-refractivity contribution in [1.82, 2.24) is 4.90 Å². The van der Waals surface area contributed by atoms with Crippen LogP contribution in [0.5, 0.6) is 23.0 Å². The van der Waals surface area contributed by atoms with E-state index in [4.69, 9.17) is 23.7 Å². The lowest BCUT2D eigenvalue weighted by molar-refractivity contribution is 0.130. The molecule has 0 spiro atoms. The minimum absolute atomic E-state index is 0.193. The summed E-state index contributed by atoms with van der Waals surface area (Å²) in [5.41, 5.74) is 3.11. The van der Waals surface area contributed by atoms with Gasteiger partial charge in [-0.25, -0.2) is 4.79 Å². The third-order valence-corrected chi connectivity index (χ3v) is 5.39. The Bertz CT molecular complexity index is 942. The van der Waals surface area contributed by atoms with E-state index in [1.165, 1.54) is 5.56 Å². The molecule has 4 heterocycles. The maximum atomic E-state index is 12.5. The van der Waals surface area contributed by atoms with Gasteiger partial charge in [-0.05, 0) is 47.4 Å². The van der Waals surface area contributed by atoms with E-state index < -0.39 is 6.10 Å². The number of hydrogen-bond acceptors (Lipinski definition) is 6. The van der Waals surface area contributed by atoms with Crippen molar-refractivity contribution in [2.75, 3.05) is 20.1 Å². The van der Waals surface area contributed by atoms with Crippen molar-refractivity contribution in [3.8, 4) is 23.0 Å². The molecule has 0 unspecified atom stereocenters. The van der Waals surface area contributed by atoms with Crippen molar-refractivity contribution in [2.45, 2.75) is 18.6 Å². The van der Waals surface area contributed by atoms with Gasteiger partial charge < -0.3 is 23.7 Å². The molecular weight excluding hydrogens is 338 g/mol. The molecule has 0 N–H and O–H groups in total. The van der Waals surface area contributed by atoms with Gasteiger partial charge >= 0.3 is 6.09 Å². The molecule has 2 aromatic carbocycles. The number of benzene rings is 2. The van der Waals surface area contributed by atoms with E-state index in [0.29, 0.717) is 18.0 Å². The third kappa shape index (κ3) is 1.85. The predicted molar refractivity (Wildman–Crippen MR) is 87.5 cm³/mol. The van der Waals surface area contributed by atoms with Crippen LogP contribution in [0.4, 0.5) is 4.79 Å². The third-order valence-electron chi connectivity index (χ3n) is 5.39. The largest absolute Gasteiger partial charge is 0.454 e. The molecule has 0 saturated carbocycles. The first-order valence-corrected chi connectivity index (χ1v) is 8.57. The fourth-order valence-electron chi connectivity index (χ4n) is 4.15. The minimum Gasteiger partial charge on any atom is -0.454 e. The number of hydrogen-bond donors (Lipinski definition) is 0. The maximum Gasteiger partial charge on any atom is 0.411 e. The zero-order chi connectivity index (χ0) is 17.3. The topological polar surface area (TPSA) is 66.5 Å². The number of nitrogens with zero attached hydrogens (tertiary/aromatic N) is 1. The van der Waals surface area contributed by atoms with Crippen LogP contribution in [-0.4, -0.2) is 31.1 Å². The van der Waals surface area contributed by atoms with E-state index in [1.807, 2.05) is 30.3 Å². The Morgan fingerprint density at radius 2 is 1.62 bits per heavy atom. The van der Waals surface area contributed by atoms with E-state index >= 15 is 0 Å². The SMILES string of the molecule is O=C1O[C@H](c2ccc3c(c2)OCO3)[C@H]2c3cc4c(cc3CCN12)OCO4. The molecule has 6 rings (SSSR count). The number of rotatable bonds is 1. The van der Waals surface area contributed by atoms with Crippen molar-refractivity contribution in [3.63, 3.8) is 0 Å². The number of amides is 1. The maximum absolute atomic E-state index is 12.5. The molecule has 7 heteroatoms. The molecule has 0 aliphatic carbocycles. The molecule has 0 aromatic heterocycles. The van der Waals surface area contributed by atoms with Gasteiger partial charge in [-0.1, -0.05) is 6.07 Å². The molecule has 4 aliphatic heterocycles. The van der Waals surface area contributed by atoms with Gasteiger partial charge in [0.2, 0.25) is 13.6 Å². The first kappa shape index (κ1) is 14.1. The van der Waals surface area contributed by atoms with Crippen LogP contribution in [0.15, 0.2) is 30.3 Å². The molecule has 132 valence electrons. The van der Waals surface area contributed by atoms with Crippen molar-refractivity contribution < 1.29 is 28.5 Å². The van der Waals surface area contributed by atoms with Crippen molar-refractivity contribution in [1.29, 1.82) is 0 Å². The number of carbonyl (C=O) groups excluding carboxylic acids is 1. The van der Waals surface area contributed by atoms with Crippen LogP contribution >= 0.6 is 0 Å². The molecule has 1 amide bonds. The first-order chi connectivity index (χ1) is 12.8. The van der Waals surface area contributed by atoms with Crippen molar-refractivity contribution in [2.24, 2.45) is 0 Å². The zero-order valence-electron chi connectivity index (χ0n) is 13.8. The Morgan fingerprint density at radius 3 is 2.46 bits per heavy atom. The summed E-state index contributed by atoms with van der Waals surface area (Å²) < 4.78 is 27.6. The van der Waals surface area contributed by atoms with Gasteiger partial charge in [0, 0.05) is 6.54 Å². The van der Waals surface area contributed by atoms with Gasteiger partial charge in [0.05, 0.1) is 0 Å². The molecule has 0 bridgehead atoms. The van der Waals surface area contributed by atoms with E-state index in [9.17, 15) is 4.79 Å². The Kier molecular flexibility index (Phi) is 2.70. The van der Waals surface area contributed by atoms with Gasteiger partial charge in [0.25, 0.3) is 0 Å². The van der Waals surface area contributed by atoms with E-state index in [1.54, 1.807) is 4.90 Å². The highest BCUT2D eigenvalue weighted by Crippen LogP contribution is 2.50. The summed E-state index contributed by atoms with van der Waals surface area (Å²) in [5, 5.41) is 0. The van der Waals surface area contributed by atoms with Crippen LogP contribution in [0, 0.1) is 0 Å². The lowest BCUT2D eigenvalue weighted by atomic mass is 9.87. The average Bonchev–Trinajstić information content (AvgIpc) is 3.37. The van der Waals surface area contributed by atoms with Crippen LogP contribution in [0.1, 0.15) is 28.8 Å². The zero-order valence-corrected chi connectivity index (χ0v) is 13.8. The standard InChI is InChI=1S/C19H15NO6/c21-19-20-4-3-10-5-15-16(25-9-24-15)7-12(10)17(20)18(26-19)11-1-2-13-14(6-11)23-8-22-13/h1-2,5-7,17-18H,3-4,8-9H2/t17-,18-/m1/s1. The predicted octanol–water partition coefficient (Wildman–Crippen LogP) is 2.93. The Labute approximate surface area is 149 Å². The molecule has 7 nitrogen and oxygen atoms in total. The Morgan fingerprint density at radius 1 is 0.885 bits per heavy atom.